The van der Waals surface area contributed by atoms with Crippen LogP contribution >= 0.6 is 15.9 Å². The maximum atomic E-state index is 11.7. The predicted molar refractivity (Wildman–Crippen MR) is 60.9 cm³/mol. The fourth-order valence-corrected chi connectivity index (χ4v) is 1.87. The summed E-state index contributed by atoms with van der Waals surface area (Å²) in [5.41, 5.74) is 0.660. The quantitative estimate of drug-likeness (QED) is 0.783. The van der Waals surface area contributed by atoms with E-state index in [0.717, 1.165) is 4.47 Å². The molecule has 0 aromatic carbocycles. The monoisotopic (exact) mass is 275 g/mol. The highest BCUT2D eigenvalue weighted by molar-refractivity contribution is 9.10. The van der Waals surface area contributed by atoms with E-state index >= 15 is 0 Å². The van der Waals surface area contributed by atoms with Crippen molar-refractivity contribution < 1.29 is 9.47 Å². The first-order valence-electron chi connectivity index (χ1n) is 4.50. The third-order valence-electron chi connectivity index (χ3n) is 2.10. The number of aryl methyl sites for hydroxylation is 1. The van der Waals surface area contributed by atoms with E-state index in [2.05, 4.69) is 15.9 Å². The molecule has 1 rings (SSSR count). The van der Waals surface area contributed by atoms with Crippen molar-refractivity contribution in [3.8, 4) is 0 Å². The van der Waals surface area contributed by atoms with Crippen LogP contribution in [0.3, 0.4) is 0 Å². The maximum absolute atomic E-state index is 11.7. The average Bonchev–Trinajstić information content (AvgIpc) is 2.21. The van der Waals surface area contributed by atoms with Crippen molar-refractivity contribution in [2.45, 2.75) is 19.8 Å². The molecule has 0 aliphatic rings. The molecule has 0 N–H and O–H groups in total. The molecule has 0 bridgehead atoms. The fraction of sp³-hybridized carbons (Fsp3) is 0.500. The molecule has 15 heavy (non-hydrogen) atoms. The van der Waals surface area contributed by atoms with Crippen LogP contribution in [0.25, 0.3) is 0 Å². The van der Waals surface area contributed by atoms with Crippen LogP contribution in [0, 0.1) is 6.92 Å². The molecule has 4 nitrogen and oxygen atoms in total. The third-order valence-corrected chi connectivity index (χ3v) is 2.54. The van der Waals surface area contributed by atoms with E-state index in [1.807, 2.05) is 0 Å². The highest BCUT2D eigenvalue weighted by atomic mass is 79.9. The Morgan fingerprint density at radius 2 is 2.07 bits per heavy atom. The van der Waals surface area contributed by atoms with Crippen LogP contribution in [0.5, 0.6) is 0 Å². The van der Waals surface area contributed by atoms with Gasteiger partial charge in [-0.25, -0.2) is 0 Å². The Kier molecular flexibility index (Phi) is 4.50. The zero-order valence-electron chi connectivity index (χ0n) is 8.99. The van der Waals surface area contributed by atoms with Crippen molar-refractivity contribution in [2.24, 2.45) is 0 Å². The van der Waals surface area contributed by atoms with Crippen LogP contribution in [0.1, 0.15) is 5.56 Å². The van der Waals surface area contributed by atoms with E-state index in [1.54, 1.807) is 38.0 Å². The van der Waals surface area contributed by atoms with Crippen molar-refractivity contribution in [1.82, 2.24) is 4.57 Å². The van der Waals surface area contributed by atoms with Gasteiger partial charge in [-0.05, 0) is 28.9 Å². The molecule has 1 aromatic heterocycles. The largest absolute Gasteiger partial charge is 0.354 e. The SMILES string of the molecule is COC(Cn1cc(Br)cc(C)c1=O)OC. The Hall–Kier alpha value is -0.650. The van der Waals surface area contributed by atoms with Crippen molar-refractivity contribution in [3.63, 3.8) is 0 Å². The van der Waals surface area contributed by atoms with Crippen LogP contribution in [-0.4, -0.2) is 25.1 Å². The summed E-state index contributed by atoms with van der Waals surface area (Å²) in [6, 6.07) is 1.79. The van der Waals surface area contributed by atoms with Crippen LogP contribution in [0.2, 0.25) is 0 Å². The second kappa shape index (κ2) is 5.44. The first-order chi connectivity index (χ1) is 7.08. The van der Waals surface area contributed by atoms with Gasteiger partial charge in [-0.1, -0.05) is 0 Å². The number of pyridine rings is 1. The van der Waals surface area contributed by atoms with Crippen LogP contribution in [-0.2, 0) is 16.0 Å². The van der Waals surface area contributed by atoms with Gasteiger partial charge in [0.15, 0.2) is 6.29 Å². The van der Waals surface area contributed by atoms with Gasteiger partial charge in [-0.2, -0.15) is 0 Å². The average molecular weight is 276 g/mol. The molecule has 0 fully saturated rings. The maximum Gasteiger partial charge on any atom is 0.253 e. The summed E-state index contributed by atoms with van der Waals surface area (Å²) in [5, 5.41) is 0. The highest BCUT2D eigenvalue weighted by Crippen LogP contribution is 2.08. The van der Waals surface area contributed by atoms with E-state index < -0.39 is 6.29 Å². The molecule has 0 aliphatic heterocycles. The van der Waals surface area contributed by atoms with Crippen molar-refractivity contribution >= 4 is 15.9 Å². The molecule has 0 saturated heterocycles. The molecule has 0 unspecified atom stereocenters. The number of rotatable bonds is 4. The van der Waals surface area contributed by atoms with Gasteiger partial charge in [0, 0.05) is 30.5 Å². The van der Waals surface area contributed by atoms with Gasteiger partial charge in [0.1, 0.15) is 0 Å². The topological polar surface area (TPSA) is 40.5 Å². The van der Waals surface area contributed by atoms with Gasteiger partial charge in [-0.3, -0.25) is 4.79 Å². The standard InChI is InChI=1S/C10H14BrNO3/c1-7-4-8(11)5-12(10(7)13)6-9(14-2)15-3/h4-5,9H,6H2,1-3H3. The number of methoxy groups -OCH3 is 2. The molecule has 0 atom stereocenters. The normalized spacial score (nSPS) is 11.0. The van der Waals surface area contributed by atoms with Crippen LogP contribution in [0.4, 0.5) is 0 Å². The molecular formula is C10H14BrNO3. The van der Waals surface area contributed by atoms with Crippen molar-refractivity contribution in [3.05, 3.63) is 32.7 Å². The fourth-order valence-electron chi connectivity index (χ4n) is 1.28. The molecule has 84 valence electrons. The van der Waals surface area contributed by atoms with E-state index in [9.17, 15) is 4.79 Å². The van der Waals surface area contributed by atoms with Gasteiger partial charge < -0.3 is 14.0 Å². The van der Waals surface area contributed by atoms with Crippen LogP contribution in [0.15, 0.2) is 21.5 Å². The predicted octanol–water partition coefficient (Wildman–Crippen LogP) is 1.54. The van der Waals surface area contributed by atoms with Gasteiger partial charge in [0.25, 0.3) is 5.56 Å². The van der Waals surface area contributed by atoms with E-state index in [-0.39, 0.29) is 5.56 Å². The van der Waals surface area contributed by atoms with E-state index in [0.29, 0.717) is 12.1 Å². The van der Waals surface area contributed by atoms with Gasteiger partial charge in [0.05, 0.1) is 6.54 Å². The third kappa shape index (κ3) is 3.15. The Morgan fingerprint density at radius 3 is 2.60 bits per heavy atom. The number of hydrogen-bond donors (Lipinski definition) is 0. The first kappa shape index (κ1) is 12.4. The lowest BCUT2D eigenvalue weighted by Gasteiger charge is -2.15. The Bertz CT molecular complexity index is 385. The zero-order chi connectivity index (χ0) is 11.4. The molecule has 0 amide bonds. The van der Waals surface area contributed by atoms with E-state index in [4.69, 9.17) is 9.47 Å². The first-order valence-corrected chi connectivity index (χ1v) is 5.30. The van der Waals surface area contributed by atoms with Gasteiger partial charge in [-0.15, -0.1) is 0 Å². The second-order valence-electron chi connectivity index (χ2n) is 3.20. The smallest absolute Gasteiger partial charge is 0.253 e. The molecule has 0 radical (unpaired) electrons. The summed E-state index contributed by atoms with van der Waals surface area (Å²) >= 11 is 3.34. The number of halogens is 1. The lowest BCUT2D eigenvalue weighted by molar-refractivity contribution is -0.111. The molecule has 0 saturated carbocycles. The number of ether oxygens (including phenoxy) is 2. The number of hydrogen-bond acceptors (Lipinski definition) is 3. The summed E-state index contributed by atoms with van der Waals surface area (Å²) in [5.74, 6) is 0. The minimum Gasteiger partial charge on any atom is -0.354 e. The van der Waals surface area contributed by atoms with Gasteiger partial charge >= 0.3 is 0 Å². The number of nitrogens with zero attached hydrogens (tertiary/aromatic N) is 1. The Balaban J connectivity index is 2.99. The van der Waals surface area contributed by atoms with E-state index in [1.165, 1.54) is 0 Å². The minimum absolute atomic E-state index is 0.0303. The molecule has 5 heteroatoms. The minimum atomic E-state index is -0.406. The number of aromatic nitrogens is 1. The van der Waals surface area contributed by atoms with Crippen molar-refractivity contribution in [1.29, 1.82) is 0 Å². The van der Waals surface area contributed by atoms with Crippen LogP contribution < -0.4 is 5.56 Å². The molecule has 1 aromatic rings. The molecule has 1 heterocycles. The molecule has 0 spiro atoms. The lowest BCUT2D eigenvalue weighted by Crippen LogP contribution is -2.29. The molecule has 0 aliphatic carbocycles. The Morgan fingerprint density at radius 1 is 1.47 bits per heavy atom. The zero-order valence-corrected chi connectivity index (χ0v) is 10.6. The summed E-state index contributed by atoms with van der Waals surface area (Å²) < 4.78 is 12.5. The summed E-state index contributed by atoms with van der Waals surface area (Å²) in [6.07, 6.45) is 1.32. The molecular weight excluding hydrogens is 262 g/mol. The lowest BCUT2D eigenvalue weighted by atomic mass is 10.3. The second-order valence-corrected chi connectivity index (χ2v) is 4.12. The summed E-state index contributed by atoms with van der Waals surface area (Å²) in [4.78, 5) is 11.7. The van der Waals surface area contributed by atoms with Crippen molar-refractivity contribution in [2.75, 3.05) is 14.2 Å². The highest BCUT2D eigenvalue weighted by Gasteiger charge is 2.09. The van der Waals surface area contributed by atoms with Gasteiger partial charge in [0.2, 0.25) is 0 Å². The summed E-state index contributed by atoms with van der Waals surface area (Å²) in [7, 11) is 3.09. The summed E-state index contributed by atoms with van der Waals surface area (Å²) in [6.45, 7) is 2.16. The Labute approximate surface area is 96.9 Å².